The minimum absolute atomic E-state index is 0. The molecule has 20 heteroatoms. The Balaban J connectivity index is 0.000000260. The number of hydrogen-bond acceptors (Lipinski definition) is 12. The van der Waals surface area contributed by atoms with Gasteiger partial charge >= 0.3 is 0 Å². The summed E-state index contributed by atoms with van der Waals surface area (Å²) in [5.41, 5.74) is 13.9. The van der Waals surface area contributed by atoms with Gasteiger partial charge < -0.3 is 20.6 Å². The number of sulfone groups is 2. The van der Waals surface area contributed by atoms with Crippen molar-refractivity contribution in [3.05, 3.63) is 67.8 Å². The van der Waals surface area contributed by atoms with Gasteiger partial charge in [0.1, 0.15) is 17.2 Å². The summed E-state index contributed by atoms with van der Waals surface area (Å²) < 4.78 is 58.5. The van der Waals surface area contributed by atoms with Crippen molar-refractivity contribution in [2.24, 2.45) is 25.6 Å². The lowest BCUT2D eigenvalue weighted by Crippen LogP contribution is -2.09. The summed E-state index contributed by atoms with van der Waals surface area (Å²) in [5, 5.41) is 15.1. The third kappa shape index (κ3) is 7.71. The summed E-state index contributed by atoms with van der Waals surface area (Å²) in [6, 6.07) is 9.23. The molecule has 0 aliphatic carbocycles. The van der Waals surface area contributed by atoms with Crippen LogP contribution in [-0.2, 0) is 33.8 Å². The molecule has 2 aromatic carbocycles. The third-order valence-electron chi connectivity index (χ3n) is 6.93. The molecule has 0 saturated carbocycles. The Hall–Kier alpha value is -2.72. The molecule has 0 fully saturated rings. The number of halogens is 2. The molecule has 4 heterocycles. The molecule has 6 rings (SSSR count). The summed E-state index contributed by atoms with van der Waals surface area (Å²) in [6.07, 6.45) is 6.87. The van der Waals surface area contributed by atoms with E-state index in [4.69, 9.17) is 22.3 Å². The second-order valence-electron chi connectivity index (χ2n) is 10.0. The molecule has 0 saturated heterocycles. The maximum Gasteiger partial charge on any atom is 0.208 e. The summed E-state index contributed by atoms with van der Waals surface area (Å²) in [5.74, 6) is -0.280. The third-order valence-corrected chi connectivity index (χ3v) is 16.8. The second kappa shape index (κ2) is 15.9. The molecule has 0 amide bonds. The fraction of sp³-hybridized carbons (Fsp3) is 0.200. The summed E-state index contributed by atoms with van der Waals surface area (Å²) in [7, 11) is -3.82. The minimum atomic E-state index is -3.74. The number of amidine groups is 2. The number of rotatable bonds is 8. The first kappa shape index (κ1) is 41.7. The average molecular weight is 923 g/mol. The van der Waals surface area contributed by atoms with Crippen LogP contribution in [0.3, 0.4) is 0 Å². The molecule has 50 heavy (non-hydrogen) atoms. The Bertz CT molecular complexity index is 2480. The number of nitrogen functional groups attached to an aromatic ring is 2. The minimum Gasteiger partial charge on any atom is -0.383 e. The molecule has 6 N–H and O–H groups in total. The van der Waals surface area contributed by atoms with Gasteiger partial charge in [0.15, 0.2) is 0 Å². The zero-order valence-corrected chi connectivity index (χ0v) is 33.5. The van der Waals surface area contributed by atoms with Crippen LogP contribution in [0.1, 0.15) is 24.6 Å². The smallest absolute Gasteiger partial charge is 0.208 e. The number of fused-ring (bicyclic) bond motifs is 2. The van der Waals surface area contributed by atoms with Crippen LogP contribution in [0.5, 0.6) is 0 Å². The number of thioether (sulfide) groups is 2. The fourth-order valence-corrected chi connectivity index (χ4v) is 14.0. The molecule has 0 atom stereocenters. The molecule has 6 aromatic rings. The van der Waals surface area contributed by atoms with Gasteiger partial charge in [-0.1, -0.05) is 14.9 Å². The van der Waals surface area contributed by atoms with Crippen LogP contribution in [0.2, 0.25) is 0 Å². The maximum atomic E-state index is 13.1. The normalized spacial score (nSPS) is 11.5. The van der Waals surface area contributed by atoms with Crippen molar-refractivity contribution >= 4 is 131 Å². The van der Waals surface area contributed by atoms with Gasteiger partial charge in [0, 0.05) is 23.0 Å². The van der Waals surface area contributed by atoms with Crippen LogP contribution in [0.15, 0.2) is 86.0 Å². The lowest BCUT2D eigenvalue weighted by atomic mass is 10.3. The van der Waals surface area contributed by atoms with Gasteiger partial charge in [-0.3, -0.25) is 10.8 Å². The van der Waals surface area contributed by atoms with Crippen LogP contribution in [0.4, 0.5) is 0 Å². The van der Waals surface area contributed by atoms with Gasteiger partial charge in [-0.2, -0.15) is 0 Å². The molecule has 4 aromatic heterocycles. The topological polar surface area (TPSA) is 204 Å². The number of hydrogen-bond donors (Lipinski definition) is 4. The predicted octanol–water partition coefficient (Wildman–Crippen LogP) is 7.74. The van der Waals surface area contributed by atoms with Gasteiger partial charge in [0.05, 0.1) is 67.0 Å². The second-order valence-corrected chi connectivity index (χ2v) is 19.8. The zero-order valence-electron chi connectivity index (χ0n) is 25.4. The Kier molecular flexibility index (Phi) is 13.3. The van der Waals surface area contributed by atoms with Crippen molar-refractivity contribution in [2.45, 2.75) is 42.9 Å². The van der Waals surface area contributed by atoms with Crippen molar-refractivity contribution in [3.63, 3.8) is 0 Å². The van der Waals surface area contributed by atoms with Gasteiger partial charge in [-0.25, -0.2) is 26.8 Å². The van der Waals surface area contributed by atoms with Gasteiger partial charge in [0.25, 0.3) is 0 Å². The monoisotopic (exact) mass is 920 g/mol. The van der Waals surface area contributed by atoms with Crippen LogP contribution in [0, 0.1) is 10.8 Å². The summed E-state index contributed by atoms with van der Waals surface area (Å²) >= 11 is 11.9. The highest BCUT2D eigenvalue weighted by Gasteiger charge is 2.28. The van der Waals surface area contributed by atoms with Crippen LogP contribution in [-0.4, -0.2) is 60.1 Å². The highest BCUT2D eigenvalue weighted by molar-refractivity contribution is 9.11. The van der Waals surface area contributed by atoms with Crippen molar-refractivity contribution < 1.29 is 16.8 Å². The SMILES string of the molecule is C.C.CSc1sc(C(=N)N)cc1S(=O)(=O)c1cc(Br)c2c(c1)ncn2C.CSc1sc(C(=N)N)cc1S(=O)(=O)c1cc(Br)c2ncn(C)c2c1. The standard InChI is InChI=1S/2C14H13BrN4O2S3.2CH4/c1-19-6-18-12-8(15)3-7(4-9(12)19)24(20,21)11-5-10(13(16)17)23-14(11)22-2;1-19-6-18-9-4-7(3-8(15)12(9)19)24(20,21)11-5-10(13(16)17)23-14(11)22-2;;/h2*3-6H,1-2H3,(H3,16,17);2*1H4. The largest absolute Gasteiger partial charge is 0.383 e. The Morgan fingerprint density at radius 3 is 1.68 bits per heavy atom. The average Bonchev–Trinajstić information content (AvgIpc) is 3.83. The fourth-order valence-electron chi connectivity index (χ4n) is 4.58. The van der Waals surface area contributed by atoms with E-state index in [1.54, 1.807) is 54.0 Å². The molecular weight excluding hydrogens is 889 g/mol. The van der Waals surface area contributed by atoms with E-state index >= 15 is 0 Å². The van der Waals surface area contributed by atoms with E-state index in [2.05, 4.69) is 41.8 Å². The Labute approximate surface area is 324 Å². The number of aryl methyl sites for hydroxylation is 2. The van der Waals surface area contributed by atoms with Gasteiger partial charge in [0.2, 0.25) is 19.7 Å². The van der Waals surface area contributed by atoms with Gasteiger partial charge in [-0.05, 0) is 80.8 Å². The lowest BCUT2D eigenvalue weighted by molar-refractivity contribution is 0.593. The molecule has 0 unspecified atom stereocenters. The number of nitrogens with two attached hydrogens (primary N) is 2. The van der Waals surface area contributed by atoms with E-state index in [0.29, 0.717) is 38.2 Å². The van der Waals surface area contributed by atoms with Crippen LogP contribution >= 0.6 is 78.1 Å². The first-order chi connectivity index (χ1) is 22.5. The quantitative estimate of drug-likeness (QED) is 0.0664. The zero-order chi connectivity index (χ0) is 35.3. The van der Waals surface area contributed by atoms with E-state index in [1.807, 2.05) is 18.7 Å². The highest BCUT2D eigenvalue weighted by Crippen LogP contribution is 2.40. The van der Waals surface area contributed by atoms with Gasteiger partial charge in [-0.15, -0.1) is 46.2 Å². The van der Waals surface area contributed by atoms with Crippen molar-refractivity contribution in [1.82, 2.24) is 19.1 Å². The predicted molar refractivity (Wildman–Crippen MR) is 215 cm³/mol. The van der Waals surface area contributed by atoms with E-state index in [-0.39, 0.29) is 46.1 Å². The van der Waals surface area contributed by atoms with Crippen molar-refractivity contribution in [1.29, 1.82) is 10.8 Å². The summed E-state index contributed by atoms with van der Waals surface area (Å²) in [4.78, 5) is 10.1. The maximum absolute atomic E-state index is 13.1. The Morgan fingerprint density at radius 1 is 0.740 bits per heavy atom. The molecule has 0 bridgehead atoms. The molecular formula is C30H34Br2N8O4S6. The first-order valence-electron chi connectivity index (χ1n) is 13.3. The number of imidazole rings is 2. The van der Waals surface area contributed by atoms with Crippen molar-refractivity contribution in [3.8, 4) is 0 Å². The molecule has 0 aliphatic heterocycles. The number of nitrogens with zero attached hydrogens (tertiary/aromatic N) is 4. The summed E-state index contributed by atoms with van der Waals surface area (Å²) in [6.45, 7) is 0. The van der Waals surface area contributed by atoms with Crippen LogP contribution in [0.25, 0.3) is 22.1 Å². The number of nitrogens with one attached hydrogen (secondary N) is 2. The molecule has 0 aliphatic rings. The number of aromatic nitrogens is 4. The van der Waals surface area contributed by atoms with Crippen LogP contribution < -0.4 is 11.5 Å². The highest BCUT2D eigenvalue weighted by atomic mass is 79.9. The molecule has 268 valence electrons. The van der Waals surface area contributed by atoms with Crippen molar-refractivity contribution in [2.75, 3.05) is 12.5 Å². The lowest BCUT2D eigenvalue weighted by Gasteiger charge is -2.06. The number of benzene rings is 2. The number of thiophene rings is 2. The van der Waals surface area contributed by atoms with E-state index in [1.165, 1.54) is 58.3 Å². The molecule has 0 spiro atoms. The molecule has 12 nitrogen and oxygen atoms in total. The van der Waals surface area contributed by atoms with E-state index < -0.39 is 19.7 Å². The van der Waals surface area contributed by atoms with E-state index in [0.717, 1.165) is 11.0 Å². The molecule has 0 radical (unpaired) electrons. The first-order valence-corrected chi connectivity index (χ1v) is 21.9. The Morgan fingerprint density at radius 2 is 1.20 bits per heavy atom. The van der Waals surface area contributed by atoms with E-state index in [9.17, 15) is 16.8 Å².